The predicted molar refractivity (Wildman–Crippen MR) is 243 cm³/mol. The van der Waals surface area contributed by atoms with Crippen LogP contribution in [0.2, 0.25) is 0 Å². The number of hydrogen-bond acceptors (Lipinski definition) is 7. The molecule has 57 heavy (non-hydrogen) atoms. The summed E-state index contributed by atoms with van der Waals surface area (Å²) in [4.78, 5) is 8.95. The van der Waals surface area contributed by atoms with Crippen molar-refractivity contribution in [2.75, 3.05) is 59.6 Å². The highest BCUT2D eigenvalue weighted by atomic mass is 16.5. The third kappa shape index (κ3) is 30.3. The minimum absolute atomic E-state index is 0.588. The van der Waals surface area contributed by atoms with E-state index in [2.05, 4.69) is 111 Å². The molecule has 7 heteroatoms. The van der Waals surface area contributed by atoms with Crippen molar-refractivity contribution in [3.05, 3.63) is 78.4 Å². The number of nitrogens with zero attached hydrogens (tertiary/aromatic N) is 3. The van der Waals surface area contributed by atoms with E-state index in [0.29, 0.717) is 12.0 Å². The van der Waals surface area contributed by atoms with E-state index in [4.69, 9.17) is 18.3 Å². The SMILES string of the molecule is CC(C)C1CCN(C)C1.CC(C)CCN1CCOCC1.CC(C)C[C@H]1CCCO1.CC(C)Cc1cccnc1.CC(C)Cc1ccco1.CC(C)Cc1ccoc1. The van der Waals surface area contributed by atoms with Crippen LogP contribution in [0.25, 0.3) is 0 Å². The molecule has 0 aromatic carbocycles. The predicted octanol–water partition coefficient (Wildman–Crippen LogP) is 12.4. The quantitative estimate of drug-likeness (QED) is 0.181. The van der Waals surface area contributed by atoms with Gasteiger partial charge in [0.05, 0.1) is 38.1 Å². The summed E-state index contributed by atoms with van der Waals surface area (Å²) in [6.45, 7) is 35.9. The van der Waals surface area contributed by atoms with Crippen LogP contribution >= 0.6 is 0 Å². The van der Waals surface area contributed by atoms with Crippen molar-refractivity contribution in [2.45, 2.75) is 141 Å². The number of rotatable bonds is 12. The molecule has 0 saturated carbocycles. The summed E-state index contributed by atoms with van der Waals surface area (Å²) in [5.74, 6) is 6.71. The zero-order chi connectivity index (χ0) is 42.4. The number of furan rings is 2. The topological polar surface area (TPSA) is 64.1 Å². The standard InChI is InChI=1S/C9H19NO.C9H13N.C8H17N.C8H12O.C8H16O.C8H12O/c1-9(2)3-4-10-5-7-11-8-6-10;1-8(2)6-9-4-3-5-10-7-9;1-7(2)8-4-5-9(3)6-8;1-7(2)5-8-3-4-9-6-8;2*1-7(2)6-8-4-3-5-9-8/h9H,3-8H2,1-2H3;3-5,7-8H,6H2,1-2H3;7-8H,4-6H2,1-3H3;3-4,6-7H,5H2,1-2H3;7-8H,3-6H2,1-2H3;3-5,7H,6H2,1-2H3/t;;;;8-;/m....1./s1. The summed E-state index contributed by atoms with van der Waals surface area (Å²) in [5.41, 5.74) is 2.63. The van der Waals surface area contributed by atoms with Crippen LogP contribution in [-0.2, 0) is 28.7 Å². The molecule has 7 nitrogen and oxygen atoms in total. The van der Waals surface area contributed by atoms with E-state index in [9.17, 15) is 0 Å². The average Bonchev–Trinajstić information content (AvgIpc) is 4.00. The second kappa shape index (κ2) is 32.4. The van der Waals surface area contributed by atoms with E-state index in [0.717, 1.165) is 93.4 Å². The van der Waals surface area contributed by atoms with Gasteiger partial charge in [-0.25, -0.2) is 0 Å². The Labute approximate surface area is 352 Å². The minimum Gasteiger partial charge on any atom is -0.472 e. The molecule has 0 spiro atoms. The molecule has 6 heterocycles. The van der Waals surface area contributed by atoms with Crippen LogP contribution in [0.3, 0.4) is 0 Å². The molecule has 3 saturated heterocycles. The van der Waals surface area contributed by atoms with Crippen molar-refractivity contribution in [1.82, 2.24) is 14.8 Å². The second-order valence-electron chi connectivity index (χ2n) is 18.8. The Morgan fingerprint density at radius 1 is 0.702 bits per heavy atom. The Hall–Kier alpha value is -2.45. The Bertz CT molecular complexity index is 1210. The van der Waals surface area contributed by atoms with Crippen LogP contribution in [0.1, 0.15) is 132 Å². The minimum atomic E-state index is 0.588. The van der Waals surface area contributed by atoms with Crippen LogP contribution in [-0.4, -0.2) is 80.5 Å². The van der Waals surface area contributed by atoms with Crippen LogP contribution in [0.15, 0.2) is 70.3 Å². The van der Waals surface area contributed by atoms with Gasteiger partial charge in [-0.2, -0.15) is 0 Å². The molecular weight excluding hydrogens is 707 g/mol. The van der Waals surface area contributed by atoms with Gasteiger partial charge in [-0.05, 0) is 142 Å². The molecular formula is C50H89N3O4. The molecule has 3 aromatic rings. The summed E-state index contributed by atoms with van der Waals surface area (Å²) in [7, 11) is 2.21. The normalized spacial score (nSPS) is 18.3. The Morgan fingerprint density at radius 2 is 1.39 bits per heavy atom. The third-order valence-corrected chi connectivity index (χ3v) is 10.0. The lowest BCUT2D eigenvalue weighted by atomic mass is 9.95. The van der Waals surface area contributed by atoms with Gasteiger partial charge < -0.3 is 23.2 Å². The Kier molecular flexibility index (Phi) is 29.9. The first kappa shape index (κ1) is 52.6. The van der Waals surface area contributed by atoms with Crippen molar-refractivity contribution in [1.29, 1.82) is 0 Å². The Balaban J connectivity index is 0.000000343. The molecule has 1 unspecified atom stereocenters. The zero-order valence-electron chi connectivity index (χ0n) is 39.2. The maximum Gasteiger partial charge on any atom is 0.104 e. The van der Waals surface area contributed by atoms with E-state index in [1.54, 1.807) is 18.8 Å². The second-order valence-corrected chi connectivity index (χ2v) is 18.8. The smallest absolute Gasteiger partial charge is 0.104 e. The summed E-state index contributed by atoms with van der Waals surface area (Å²) in [6, 6.07) is 10.1. The van der Waals surface area contributed by atoms with E-state index in [1.807, 2.05) is 36.7 Å². The van der Waals surface area contributed by atoms with Gasteiger partial charge in [-0.3, -0.25) is 9.88 Å². The van der Waals surface area contributed by atoms with Crippen LogP contribution in [0.5, 0.6) is 0 Å². The lowest BCUT2D eigenvalue weighted by molar-refractivity contribution is 0.0360. The van der Waals surface area contributed by atoms with Crippen LogP contribution in [0, 0.1) is 41.4 Å². The molecule has 0 bridgehead atoms. The summed E-state index contributed by atoms with van der Waals surface area (Å²) < 4.78 is 20.8. The number of aromatic nitrogens is 1. The molecule has 0 radical (unpaired) electrons. The van der Waals surface area contributed by atoms with Gasteiger partial charge in [0.1, 0.15) is 5.76 Å². The fraction of sp³-hybridized carbons (Fsp3) is 0.740. The highest BCUT2D eigenvalue weighted by Gasteiger charge is 2.21. The van der Waals surface area contributed by atoms with Gasteiger partial charge in [0.15, 0.2) is 0 Å². The molecule has 3 aliphatic heterocycles. The lowest BCUT2D eigenvalue weighted by Crippen LogP contribution is -2.37. The summed E-state index contributed by atoms with van der Waals surface area (Å²) in [6.07, 6.45) is 19.4. The van der Waals surface area contributed by atoms with E-state index in [-0.39, 0.29) is 0 Å². The first-order valence-corrected chi connectivity index (χ1v) is 22.7. The van der Waals surface area contributed by atoms with Gasteiger partial charge in [0, 0.05) is 45.1 Å². The number of hydrogen-bond donors (Lipinski definition) is 0. The monoisotopic (exact) mass is 796 g/mol. The van der Waals surface area contributed by atoms with Crippen LogP contribution in [0.4, 0.5) is 0 Å². The molecule has 0 aliphatic carbocycles. The van der Waals surface area contributed by atoms with Crippen molar-refractivity contribution in [3.8, 4) is 0 Å². The number of ether oxygens (including phenoxy) is 2. The highest BCUT2D eigenvalue weighted by Crippen LogP contribution is 2.22. The maximum atomic E-state index is 5.46. The Morgan fingerprint density at radius 3 is 1.82 bits per heavy atom. The first-order chi connectivity index (χ1) is 27.1. The molecule has 3 aliphatic rings. The van der Waals surface area contributed by atoms with Crippen molar-refractivity contribution in [2.24, 2.45) is 41.4 Å². The molecule has 3 fully saturated rings. The van der Waals surface area contributed by atoms with Gasteiger partial charge in [0.25, 0.3) is 0 Å². The van der Waals surface area contributed by atoms with Gasteiger partial charge in [0.2, 0.25) is 0 Å². The molecule has 328 valence electrons. The molecule has 3 aromatic heterocycles. The van der Waals surface area contributed by atoms with E-state index >= 15 is 0 Å². The third-order valence-electron chi connectivity index (χ3n) is 10.0. The van der Waals surface area contributed by atoms with Gasteiger partial charge in [-0.15, -0.1) is 0 Å². The molecule has 0 N–H and O–H groups in total. The first-order valence-electron chi connectivity index (χ1n) is 22.7. The maximum absolute atomic E-state index is 5.46. The van der Waals surface area contributed by atoms with Crippen LogP contribution < -0.4 is 0 Å². The fourth-order valence-corrected chi connectivity index (χ4v) is 6.84. The summed E-state index contributed by atoms with van der Waals surface area (Å²) in [5, 5.41) is 0. The fourth-order valence-electron chi connectivity index (χ4n) is 6.84. The lowest BCUT2D eigenvalue weighted by Gasteiger charge is -2.26. The largest absolute Gasteiger partial charge is 0.472 e. The highest BCUT2D eigenvalue weighted by molar-refractivity contribution is 5.08. The van der Waals surface area contributed by atoms with E-state index < -0.39 is 0 Å². The summed E-state index contributed by atoms with van der Waals surface area (Å²) >= 11 is 0. The zero-order valence-corrected chi connectivity index (χ0v) is 39.2. The molecule has 0 amide bonds. The van der Waals surface area contributed by atoms with Crippen molar-refractivity contribution >= 4 is 0 Å². The average molecular weight is 796 g/mol. The number of morpholine rings is 1. The number of likely N-dealkylation sites (tertiary alicyclic amines) is 1. The van der Waals surface area contributed by atoms with Gasteiger partial charge in [-0.1, -0.05) is 89.2 Å². The van der Waals surface area contributed by atoms with Crippen molar-refractivity contribution in [3.63, 3.8) is 0 Å². The van der Waals surface area contributed by atoms with E-state index in [1.165, 1.54) is 62.9 Å². The number of pyridine rings is 1. The molecule has 2 atom stereocenters. The molecule has 6 rings (SSSR count). The van der Waals surface area contributed by atoms with Gasteiger partial charge >= 0.3 is 0 Å². The van der Waals surface area contributed by atoms with Crippen molar-refractivity contribution < 1.29 is 18.3 Å².